The number of aryl methyl sites for hydroxylation is 2. The Labute approximate surface area is 201 Å². The Morgan fingerprint density at radius 2 is 1.94 bits per heavy atom. The van der Waals surface area contributed by atoms with Crippen molar-refractivity contribution in [1.82, 2.24) is 10.2 Å². The molecule has 6 nitrogen and oxygen atoms in total. The molecule has 0 aliphatic carbocycles. The summed E-state index contributed by atoms with van der Waals surface area (Å²) in [4.78, 5) is 16.7. The van der Waals surface area contributed by atoms with Crippen molar-refractivity contribution in [3.05, 3.63) is 59.2 Å². The molecule has 2 aromatic carbocycles. The van der Waals surface area contributed by atoms with Crippen LogP contribution in [0.3, 0.4) is 0 Å². The van der Waals surface area contributed by atoms with Gasteiger partial charge in [-0.2, -0.15) is 0 Å². The summed E-state index contributed by atoms with van der Waals surface area (Å²) < 4.78 is 28.9. The molecular formula is C25H32N2O4S2. The Morgan fingerprint density at radius 1 is 1.18 bits per heavy atom. The lowest BCUT2D eigenvalue weighted by Crippen LogP contribution is -2.47. The molecule has 0 spiro atoms. The Hall–Kier alpha value is -2.03. The van der Waals surface area contributed by atoms with Crippen LogP contribution in [0.2, 0.25) is 0 Å². The third-order valence-electron chi connectivity index (χ3n) is 6.49. The van der Waals surface area contributed by atoms with Crippen LogP contribution < -0.4 is 10.1 Å². The van der Waals surface area contributed by atoms with Crippen LogP contribution in [0.1, 0.15) is 29.5 Å². The lowest BCUT2D eigenvalue weighted by molar-refractivity contribution is -0.126. The standard InChI is InChI=1S/C25H32N2O4S2/c1-17-4-5-18(2)19(12-17)14-27-15-23(32-22-8-6-21(31-3)7-9-22)13-24(27)25(28)26-20-10-11-33(29,30)16-20/h4-9,12,20,23-24H,10-11,13-16H2,1-3H3,(H,26,28)/t20-,23+,24-/m0/s1. The molecule has 2 aliphatic heterocycles. The summed E-state index contributed by atoms with van der Waals surface area (Å²) >= 11 is 1.78. The number of likely N-dealkylation sites (tertiary alicyclic amines) is 1. The molecule has 0 bridgehead atoms. The zero-order chi connectivity index (χ0) is 23.6. The normalized spacial score (nSPS) is 24.6. The minimum absolute atomic E-state index is 0.0481. The molecular weight excluding hydrogens is 456 g/mol. The fourth-order valence-corrected chi connectivity index (χ4v) is 7.53. The number of amides is 1. The van der Waals surface area contributed by atoms with Crippen LogP contribution in [0.25, 0.3) is 0 Å². The number of nitrogens with zero attached hydrogens (tertiary/aromatic N) is 1. The summed E-state index contributed by atoms with van der Waals surface area (Å²) in [7, 11) is -1.38. The van der Waals surface area contributed by atoms with Gasteiger partial charge in [0, 0.05) is 29.3 Å². The van der Waals surface area contributed by atoms with Crippen molar-refractivity contribution in [3.8, 4) is 5.75 Å². The third-order valence-corrected chi connectivity index (χ3v) is 9.47. The van der Waals surface area contributed by atoms with Crippen molar-refractivity contribution < 1.29 is 17.9 Å². The quantitative estimate of drug-likeness (QED) is 0.644. The molecule has 4 rings (SSSR count). The number of methoxy groups -OCH3 is 1. The molecule has 33 heavy (non-hydrogen) atoms. The highest BCUT2D eigenvalue weighted by Gasteiger charge is 2.39. The fraction of sp³-hybridized carbons (Fsp3) is 0.480. The van der Waals surface area contributed by atoms with E-state index in [-0.39, 0.29) is 34.7 Å². The molecule has 2 aromatic rings. The molecule has 8 heteroatoms. The summed E-state index contributed by atoms with van der Waals surface area (Å²) in [6, 6.07) is 13.9. The zero-order valence-corrected chi connectivity index (χ0v) is 21.0. The maximum absolute atomic E-state index is 13.3. The highest BCUT2D eigenvalue weighted by atomic mass is 32.2. The second-order valence-electron chi connectivity index (χ2n) is 9.13. The van der Waals surface area contributed by atoms with Crippen molar-refractivity contribution in [2.45, 2.75) is 55.5 Å². The first kappa shape index (κ1) is 24.1. The summed E-state index contributed by atoms with van der Waals surface area (Å²) in [5.41, 5.74) is 3.65. The first-order chi connectivity index (χ1) is 15.7. The number of carbonyl (C=O) groups is 1. The summed E-state index contributed by atoms with van der Waals surface area (Å²) in [5, 5.41) is 3.30. The summed E-state index contributed by atoms with van der Waals surface area (Å²) in [5.74, 6) is 0.975. The van der Waals surface area contributed by atoms with Crippen molar-refractivity contribution in [1.29, 1.82) is 0 Å². The molecule has 2 fully saturated rings. The van der Waals surface area contributed by atoms with Crippen LogP contribution in [0.5, 0.6) is 5.75 Å². The predicted octanol–water partition coefficient (Wildman–Crippen LogP) is 3.35. The maximum atomic E-state index is 13.3. The number of hydrogen-bond donors (Lipinski definition) is 1. The number of hydrogen-bond acceptors (Lipinski definition) is 6. The van der Waals surface area contributed by atoms with Gasteiger partial charge < -0.3 is 10.1 Å². The average Bonchev–Trinajstić information content (AvgIpc) is 3.33. The monoisotopic (exact) mass is 488 g/mol. The van der Waals surface area contributed by atoms with Gasteiger partial charge in [-0.15, -0.1) is 11.8 Å². The van der Waals surface area contributed by atoms with Gasteiger partial charge in [0.25, 0.3) is 0 Å². The molecule has 0 saturated carbocycles. The Kier molecular flexibility index (Phi) is 7.36. The maximum Gasteiger partial charge on any atom is 0.237 e. The van der Waals surface area contributed by atoms with E-state index in [0.29, 0.717) is 13.0 Å². The van der Waals surface area contributed by atoms with E-state index in [4.69, 9.17) is 4.74 Å². The Bertz CT molecular complexity index is 1100. The molecule has 1 amide bonds. The van der Waals surface area contributed by atoms with Crippen molar-refractivity contribution >= 4 is 27.5 Å². The number of nitrogens with one attached hydrogen (secondary N) is 1. The molecule has 2 saturated heterocycles. The minimum Gasteiger partial charge on any atom is -0.497 e. The van der Waals surface area contributed by atoms with Gasteiger partial charge in [-0.05, 0) is 62.1 Å². The second-order valence-corrected chi connectivity index (χ2v) is 12.7. The van der Waals surface area contributed by atoms with Crippen LogP contribution in [0.15, 0.2) is 47.4 Å². The smallest absolute Gasteiger partial charge is 0.237 e. The largest absolute Gasteiger partial charge is 0.497 e. The third kappa shape index (κ3) is 6.11. The van der Waals surface area contributed by atoms with Crippen molar-refractivity contribution in [3.63, 3.8) is 0 Å². The lowest BCUT2D eigenvalue weighted by Gasteiger charge is -2.25. The van der Waals surface area contributed by atoms with E-state index in [2.05, 4.69) is 54.4 Å². The number of benzene rings is 2. The van der Waals surface area contributed by atoms with Gasteiger partial charge in [0.05, 0.1) is 24.7 Å². The lowest BCUT2D eigenvalue weighted by atomic mass is 10.0. The Balaban J connectivity index is 1.49. The van der Waals surface area contributed by atoms with Gasteiger partial charge >= 0.3 is 0 Å². The van der Waals surface area contributed by atoms with Gasteiger partial charge in [0.15, 0.2) is 9.84 Å². The number of thioether (sulfide) groups is 1. The highest BCUT2D eigenvalue weighted by molar-refractivity contribution is 8.00. The van der Waals surface area contributed by atoms with Crippen LogP contribution >= 0.6 is 11.8 Å². The summed E-state index contributed by atoms with van der Waals surface area (Å²) in [6.45, 7) is 5.69. The van der Waals surface area contributed by atoms with Crippen molar-refractivity contribution in [2.75, 3.05) is 25.2 Å². The van der Waals surface area contributed by atoms with Crippen LogP contribution in [-0.2, 0) is 21.2 Å². The molecule has 3 atom stereocenters. The van der Waals surface area contributed by atoms with Gasteiger partial charge in [0.2, 0.25) is 5.91 Å². The van der Waals surface area contributed by atoms with Crippen LogP contribution in [0, 0.1) is 13.8 Å². The minimum atomic E-state index is -3.04. The highest BCUT2D eigenvalue weighted by Crippen LogP contribution is 2.35. The molecule has 1 N–H and O–H groups in total. The number of ether oxygens (including phenoxy) is 1. The number of rotatable bonds is 7. The number of sulfone groups is 1. The molecule has 0 radical (unpaired) electrons. The average molecular weight is 489 g/mol. The molecule has 0 unspecified atom stereocenters. The predicted molar refractivity (Wildman–Crippen MR) is 133 cm³/mol. The Morgan fingerprint density at radius 3 is 2.61 bits per heavy atom. The topological polar surface area (TPSA) is 75.7 Å². The van der Waals surface area contributed by atoms with Crippen LogP contribution in [0.4, 0.5) is 0 Å². The molecule has 178 valence electrons. The van der Waals surface area contributed by atoms with E-state index in [1.807, 2.05) is 12.1 Å². The number of carbonyl (C=O) groups excluding carboxylic acids is 1. The molecule has 2 heterocycles. The first-order valence-electron chi connectivity index (χ1n) is 11.3. The zero-order valence-electron chi connectivity index (χ0n) is 19.4. The molecule has 0 aromatic heterocycles. The second kappa shape index (κ2) is 10.1. The van der Waals surface area contributed by atoms with E-state index in [0.717, 1.165) is 23.6 Å². The van der Waals surface area contributed by atoms with E-state index < -0.39 is 9.84 Å². The van der Waals surface area contributed by atoms with E-state index >= 15 is 0 Å². The van der Waals surface area contributed by atoms with E-state index in [9.17, 15) is 13.2 Å². The van der Waals surface area contributed by atoms with E-state index in [1.54, 1.807) is 18.9 Å². The van der Waals surface area contributed by atoms with Crippen LogP contribution in [-0.4, -0.2) is 61.7 Å². The van der Waals surface area contributed by atoms with Gasteiger partial charge in [-0.1, -0.05) is 23.8 Å². The van der Waals surface area contributed by atoms with Gasteiger partial charge in [0.1, 0.15) is 5.75 Å². The summed E-state index contributed by atoms with van der Waals surface area (Å²) in [6.07, 6.45) is 1.23. The van der Waals surface area contributed by atoms with Crippen molar-refractivity contribution in [2.24, 2.45) is 0 Å². The fourth-order valence-electron chi connectivity index (χ4n) is 4.64. The van der Waals surface area contributed by atoms with Gasteiger partial charge in [-0.25, -0.2) is 8.42 Å². The van der Waals surface area contributed by atoms with Gasteiger partial charge in [-0.3, -0.25) is 9.69 Å². The molecule has 2 aliphatic rings. The SMILES string of the molecule is COc1ccc(S[C@@H]2C[C@@H](C(=O)N[C@H]3CCS(=O)(=O)C3)N(Cc3cc(C)ccc3C)C2)cc1. The first-order valence-corrected chi connectivity index (χ1v) is 14.0. The van der Waals surface area contributed by atoms with E-state index in [1.165, 1.54) is 16.7 Å².